The van der Waals surface area contributed by atoms with Crippen LogP contribution in [0.1, 0.15) is 23.3 Å². The third-order valence-corrected chi connectivity index (χ3v) is 5.08. The van der Waals surface area contributed by atoms with E-state index in [1.807, 2.05) is 13.0 Å². The van der Waals surface area contributed by atoms with E-state index in [1.165, 1.54) is 10.6 Å². The van der Waals surface area contributed by atoms with Gasteiger partial charge in [0.05, 0.1) is 29.8 Å². The fraction of sp³-hybridized carbons (Fsp3) is 0.353. The summed E-state index contributed by atoms with van der Waals surface area (Å²) in [6.07, 6.45) is 2.63. The van der Waals surface area contributed by atoms with Gasteiger partial charge in [-0.3, -0.25) is 9.10 Å². The normalized spacial score (nSPS) is 11.4. The van der Waals surface area contributed by atoms with Gasteiger partial charge in [0.15, 0.2) is 0 Å². The molecule has 8 heteroatoms. The SMILES string of the molecule is Cc1cc(C)c(N(CCC(=O)NCc2ccco2)S(C)(=O)=O)c(Cl)c1. The molecule has 136 valence electrons. The molecule has 0 unspecified atom stereocenters. The number of halogens is 1. The van der Waals surface area contributed by atoms with Crippen LogP contribution < -0.4 is 9.62 Å². The van der Waals surface area contributed by atoms with Gasteiger partial charge < -0.3 is 9.73 Å². The maximum absolute atomic E-state index is 12.2. The largest absolute Gasteiger partial charge is 0.467 e. The van der Waals surface area contributed by atoms with Crippen molar-refractivity contribution in [1.29, 1.82) is 0 Å². The quantitative estimate of drug-likeness (QED) is 0.795. The number of amides is 1. The summed E-state index contributed by atoms with van der Waals surface area (Å²) in [6, 6.07) is 7.04. The lowest BCUT2D eigenvalue weighted by atomic mass is 10.1. The molecule has 1 N–H and O–H groups in total. The lowest BCUT2D eigenvalue weighted by Crippen LogP contribution is -2.35. The van der Waals surface area contributed by atoms with E-state index in [9.17, 15) is 13.2 Å². The molecule has 2 rings (SSSR count). The van der Waals surface area contributed by atoms with Crippen LogP contribution in [-0.2, 0) is 21.4 Å². The Morgan fingerprint density at radius 1 is 1.32 bits per heavy atom. The van der Waals surface area contributed by atoms with E-state index in [0.717, 1.165) is 17.4 Å². The van der Waals surface area contributed by atoms with Crippen LogP contribution in [0.5, 0.6) is 0 Å². The van der Waals surface area contributed by atoms with Gasteiger partial charge in [0.2, 0.25) is 15.9 Å². The number of furan rings is 1. The number of sulfonamides is 1. The van der Waals surface area contributed by atoms with Crippen molar-refractivity contribution in [2.45, 2.75) is 26.8 Å². The molecule has 0 saturated carbocycles. The van der Waals surface area contributed by atoms with Gasteiger partial charge in [-0.25, -0.2) is 8.42 Å². The summed E-state index contributed by atoms with van der Waals surface area (Å²) < 4.78 is 30.7. The average Bonchev–Trinajstić information content (AvgIpc) is 2.99. The van der Waals surface area contributed by atoms with E-state index < -0.39 is 10.0 Å². The van der Waals surface area contributed by atoms with Crippen LogP contribution in [0.2, 0.25) is 5.02 Å². The third-order valence-electron chi connectivity index (χ3n) is 3.63. The second-order valence-electron chi connectivity index (χ2n) is 5.85. The minimum atomic E-state index is -3.58. The molecule has 6 nitrogen and oxygen atoms in total. The van der Waals surface area contributed by atoms with E-state index in [1.54, 1.807) is 25.1 Å². The maximum Gasteiger partial charge on any atom is 0.232 e. The van der Waals surface area contributed by atoms with Crippen molar-refractivity contribution < 1.29 is 17.6 Å². The number of rotatable bonds is 7. The van der Waals surface area contributed by atoms with Crippen molar-refractivity contribution in [2.24, 2.45) is 0 Å². The van der Waals surface area contributed by atoms with Crippen LogP contribution in [-0.4, -0.2) is 27.1 Å². The van der Waals surface area contributed by atoms with Crippen molar-refractivity contribution in [1.82, 2.24) is 5.32 Å². The average molecular weight is 385 g/mol. The summed E-state index contributed by atoms with van der Waals surface area (Å²) in [4.78, 5) is 12.0. The van der Waals surface area contributed by atoms with Gasteiger partial charge in [-0.1, -0.05) is 17.7 Å². The van der Waals surface area contributed by atoms with Gasteiger partial charge in [-0.05, 0) is 43.2 Å². The third kappa shape index (κ3) is 5.24. The Bertz CT molecular complexity index is 825. The smallest absolute Gasteiger partial charge is 0.232 e. The Kier molecular flexibility index (Phi) is 6.13. The van der Waals surface area contributed by atoms with Crippen LogP contribution in [0.25, 0.3) is 0 Å². The highest BCUT2D eigenvalue weighted by atomic mass is 35.5. The Hall–Kier alpha value is -1.99. The number of aryl methyl sites for hydroxylation is 2. The second-order valence-corrected chi connectivity index (χ2v) is 8.17. The highest BCUT2D eigenvalue weighted by Crippen LogP contribution is 2.32. The van der Waals surface area contributed by atoms with Gasteiger partial charge in [-0.2, -0.15) is 0 Å². The van der Waals surface area contributed by atoms with E-state index in [0.29, 0.717) is 16.5 Å². The molecular formula is C17H21ClN2O4S. The lowest BCUT2D eigenvalue weighted by molar-refractivity contribution is -0.121. The van der Waals surface area contributed by atoms with Crippen molar-refractivity contribution in [2.75, 3.05) is 17.1 Å². The zero-order chi connectivity index (χ0) is 18.6. The topological polar surface area (TPSA) is 79.6 Å². The summed E-state index contributed by atoms with van der Waals surface area (Å²) in [5.74, 6) is 0.358. The van der Waals surface area contributed by atoms with Gasteiger partial charge in [0, 0.05) is 13.0 Å². The van der Waals surface area contributed by atoms with Crippen LogP contribution in [0.4, 0.5) is 5.69 Å². The molecule has 0 fully saturated rings. The molecule has 25 heavy (non-hydrogen) atoms. The molecular weight excluding hydrogens is 364 g/mol. The summed E-state index contributed by atoms with van der Waals surface area (Å²) in [7, 11) is -3.58. The number of hydrogen-bond donors (Lipinski definition) is 1. The molecule has 1 amide bonds. The molecule has 1 aromatic heterocycles. The molecule has 0 spiro atoms. The Labute approximate surface area is 152 Å². The number of nitrogens with zero attached hydrogens (tertiary/aromatic N) is 1. The second kappa shape index (κ2) is 7.93. The standard InChI is InChI=1S/C17H21ClN2O4S/c1-12-9-13(2)17(15(18)10-12)20(25(3,22)23)7-6-16(21)19-11-14-5-4-8-24-14/h4-5,8-10H,6-7,11H2,1-3H3,(H,19,21). The highest BCUT2D eigenvalue weighted by molar-refractivity contribution is 7.92. The number of nitrogens with one attached hydrogen (secondary N) is 1. The first-order chi connectivity index (χ1) is 11.7. The molecule has 0 saturated heterocycles. The maximum atomic E-state index is 12.2. The predicted molar refractivity (Wildman–Crippen MR) is 98.3 cm³/mol. The van der Waals surface area contributed by atoms with E-state index >= 15 is 0 Å². The molecule has 0 radical (unpaired) electrons. The van der Waals surface area contributed by atoms with Gasteiger partial charge in [0.25, 0.3) is 0 Å². The van der Waals surface area contributed by atoms with Crippen molar-refractivity contribution in [3.8, 4) is 0 Å². The molecule has 2 aromatic rings. The van der Waals surface area contributed by atoms with E-state index in [-0.39, 0.29) is 25.4 Å². The fourth-order valence-electron chi connectivity index (χ4n) is 2.56. The Morgan fingerprint density at radius 3 is 2.60 bits per heavy atom. The zero-order valence-corrected chi connectivity index (χ0v) is 15.9. The minimum Gasteiger partial charge on any atom is -0.467 e. The zero-order valence-electron chi connectivity index (χ0n) is 14.4. The van der Waals surface area contributed by atoms with Crippen molar-refractivity contribution in [3.63, 3.8) is 0 Å². The summed E-state index contributed by atoms with van der Waals surface area (Å²) in [5, 5.41) is 3.04. The van der Waals surface area contributed by atoms with Gasteiger partial charge >= 0.3 is 0 Å². The first-order valence-corrected chi connectivity index (χ1v) is 9.94. The molecule has 0 aliphatic rings. The van der Waals surface area contributed by atoms with E-state index in [2.05, 4.69) is 5.32 Å². The molecule has 0 atom stereocenters. The van der Waals surface area contributed by atoms with Crippen LogP contribution in [0.3, 0.4) is 0 Å². The van der Waals surface area contributed by atoms with Crippen LogP contribution in [0, 0.1) is 13.8 Å². The monoisotopic (exact) mass is 384 g/mol. The van der Waals surface area contributed by atoms with Crippen molar-refractivity contribution >= 4 is 33.2 Å². The first kappa shape index (κ1) is 19.3. The number of anilines is 1. The first-order valence-electron chi connectivity index (χ1n) is 7.72. The van der Waals surface area contributed by atoms with Gasteiger partial charge in [-0.15, -0.1) is 0 Å². The molecule has 0 aliphatic carbocycles. The summed E-state index contributed by atoms with van der Waals surface area (Å²) in [5.41, 5.74) is 2.09. The van der Waals surface area contributed by atoms with Gasteiger partial charge in [0.1, 0.15) is 5.76 Å². The lowest BCUT2D eigenvalue weighted by Gasteiger charge is -2.25. The van der Waals surface area contributed by atoms with E-state index in [4.69, 9.17) is 16.0 Å². The van der Waals surface area contributed by atoms with Crippen LogP contribution in [0.15, 0.2) is 34.9 Å². The number of benzene rings is 1. The highest BCUT2D eigenvalue weighted by Gasteiger charge is 2.23. The fourth-order valence-corrected chi connectivity index (χ4v) is 4.03. The molecule has 1 heterocycles. The van der Waals surface area contributed by atoms with Crippen molar-refractivity contribution in [3.05, 3.63) is 52.4 Å². The molecule has 0 bridgehead atoms. The van der Waals surface area contributed by atoms with Crippen LogP contribution >= 0.6 is 11.6 Å². The number of hydrogen-bond acceptors (Lipinski definition) is 4. The minimum absolute atomic E-state index is 0.00639. The Balaban J connectivity index is 2.10. The Morgan fingerprint density at radius 2 is 2.04 bits per heavy atom. The number of carbonyl (C=O) groups is 1. The molecule has 0 aliphatic heterocycles. The summed E-state index contributed by atoms with van der Waals surface area (Å²) in [6.45, 7) is 3.94. The molecule has 1 aromatic carbocycles. The summed E-state index contributed by atoms with van der Waals surface area (Å²) >= 11 is 6.26. The predicted octanol–water partition coefficient (Wildman–Crippen LogP) is 3.02. The number of carbonyl (C=O) groups excluding carboxylic acids is 1.